The second-order valence-electron chi connectivity index (χ2n) is 7.22. The van der Waals surface area contributed by atoms with Gasteiger partial charge < -0.3 is 15.1 Å². The summed E-state index contributed by atoms with van der Waals surface area (Å²) in [4.78, 5) is 18.1. The number of piperazine rings is 1. The monoisotopic (exact) mass is 532 g/mol. The van der Waals surface area contributed by atoms with Crippen LogP contribution in [-0.4, -0.2) is 63.3 Å². The van der Waals surface area contributed by atoms with Gasteiger partial charge in [0.15, 0.2) is 5.96 Å². The molecule has 0 saturated carbocycles. The zero-order valence-electron chi connectivity index (χ0n) is 17.8. The molecule has 1 fully saturated rings. The maximum atomic E-state index is 4.85. The molecule has 0 unspecified atom stereocenters. The molecule has 0 atom stereocenters. The zero-order valence-corrected chi connectivity index (χ0v) is 20.1. The van der Waals surface area contributed by atoms with E-state index < -0.39 is 0 Å². The van der Waals surface area contributed by atoms with Crippen molar-refractivity contribution >= 4 is 35.9 Å². The van der Waals surface area contributed by atoms with E-state index in [1.165, 1.54) is 5.56 Å². The molecule has 8 nitrogen and oxygen atoms in total. The molecular formula is C22H29IN8. The SMILES string of the molecule is CCNC(=NCc1cnn(Cc2ccccc2)c1)N1CCN(c2ncccn2)CC1.I. The molecule has 1 aliphatic heterocycles. The van der Waals surface area contributed by atoms with Gasteiger partial charge in [0.2, 0.25) is 5.95 Å². The van der Waals surface area contributed by atoms with Crippen LogP contribution in [0, 0.1) is 0 Å². The fourth-order valence-corrected chi connectivity index (χ4v) is 3.51. The minimum atomic E-state index is 0. The Hall–Kier alpha value is -2.69. The zero-order chi connectivity index (χ0) is 20.6. The fourth-order valence-electron chi connectivity index (χ4n) is 3.51. The number of nitrogens with zero attached hydrogens (tertiary/aromatic N) is 7. The van der Waals surface area contributed by atoms with Crippen molar-refractivity contribution < 1.29 is 0 Å². The van der Waals surface area contributed by atoms with Crippen molar-refractivity contribution in [1.29, 1.82) is 0 Å². The summed E-state index contributed by atoms with van der Waals surface area (Å²) in [5, 5.41) is 7.91. The summed E-state index contributed by atoms with van der Waals surface area (Å²) in [5.74, 6) is 1.74. The number of hydrogen-bond acceptors (Lipinski definition) is 5. The number of aliphatic imine (C=N–C) groups is 1. The molecule has 1 aliphatic rings. The molecule has 4 rings (SSSR count). The lowest BCUT2D eigenvalue weighted by atomic mass is 10.2. The van der Waals surface area contributed by atoms with Crippen LogP contribution in [0.2, 0.25) is 0 Å². The van der Waals surface area contributed by atoms with Gasteiger partial charge in [-0.15, -0.1) is 24.0 Å². The molecule has 31 heavy (non-hydrogen) atoms. The van der Waals surface area contributed by atoms with Crippen LogP contribution in [0.15, 0.2) is 66.2 Å². The average molecular weight is 532 g/mol. The fraction of sp³-hybridized carbons (Fsp3) is 0.364. The van der Waals surface area contributed by atoms with Crippen molar-refractivity contribution in [2.45, 2.75) is 20.0 Å². The van der Waals surface area contributed by atoms with Crippen molar-refractivity contribution in [2.24, 2.45) is 4.99 Å². The summed E-state index contributed by atoms with van der Waals surface area (Å²) < 4.78 is 1.96. The van der Waals surface area contributed by atoms with Gasteiger partial charge in [-0.2, -0.15) is 5.10 Å². The number of rotatable bonds is 6. The number of guanidine groups is 1. The van der Waals surface area contributed by atoms with E-state index in [-0.39, 0.29) is 24.0 Å². The van der Waals surface area contributed by atoms with Crippen LogP contribution >= 0.6 is 24.0 Å². The first kappa shape index (κ1) is 23.0. The van der Waals surface area contributed by atoms with Gasteiger partial charge >= 0.3 is 0 Å². The summed E-state index contributed by atoms with van der Waals surface area (Å²) in [6.45, 7) is 7.85. The molecule has 2 aromatic heterocycles. The van der Waals surface area contributed by atoms with E-state index in [1.54, 1.807) is 12.4 Å². The molecule has 0 amide bonds. The van der Waals surface area contributed by atoms with E-state index in [0.29, 0.717) is 6.54 Å². The Bertz CT molecular complexity index is 936. The lowest BCUT2D eigenvalue weighted by Crippen LogP contribution is -2.52. The number of nitrogens with one attached hydrogen (secondary N) is 1. The summed E-state index contributed by atoms with van der Waals surface area (Å²) >= 11 is 0. The molecule has 1 saturated heterocycles. The molecule has 0 aliphatic carbocycles. The normalized spacial score (nSPS) is 14.3. The number of hydrogen-bond donors (Lipinski definition) is 1. The van der Waals surface area contributed by atoms with Crippen molar-refractivity contribution in [3.8, 4) is 0 Å². The molecule has 3 aromatic rings. The van der Waals surface area contributed by atoms with Crippen LogP contribution in [-0.2, 0) is 13.1 Å². The first-order valence-corrected chi connectivity index (χ1v) is 10.4. The largest absolute Gasteiger partial charge is 0.357 e. The van der Waals surface area contributed by atoms with Gasteiger partial charge in [0.1, 0.15) is 0 Å². The van der Waals surface area contributed by atoms with Crippen molar-refractivity contribution in [3.05, 3.63) is 72.3 Å². The maximum absolute atomic E-state index is 4.85. The second kappa shape index (κ2) is 11.6. The van der Waals surface area contributed by atoms with Gasteiger partial charge in [0.05, 0.1) is 19.3 Å². The molecule has 0 radical (unpaired) electrons. The van der Waals surface area contributed by atoms with Crippen LogP contribution in [0.4, 0.5) is 5.95 Å². The molecule has 1 aromatic carbocycles. The molecule has 1 N–H and O–H groups in total. The quantitative estimate of drug-likeness (QED) is 0.299. The van der Waals surface area contributed by atoms with Gasteiger partial charge in [-0.05, 0) is 18.6 Å². The molecule has 0 spiro atoms. The first-order chi connectivity index (χ1) is 14.8. The minimum absolute atomic E-state index is 0. The van der Waals surface area contributed by atoms with Gasteiger partial charge in [-0.1, -0.05) is 30.3 Å². The Labute approximate surface area is 200 Å². The van der Waals surface area contributed by atoms with E-state index >= 15 is 0 Å². The highest BCUT2D eigenvalue weighted by Gasteiger charge is 2.21. The van der Waals surface area contributed by atoms with E-state index in [1.807, 2.05) is 23.0 Å². The Balaban J connectivity index is 0.00000272. The van der Waals surface area contributed by atoms with Crippen LogP contribution in [0.5, 0.6) is 0 Å². The molecular weight excluding hydrogens is 503 g/mol. The third-order valence-corrected chi connectivity index (χ3v) is 5.03. The van der Waals surface area contributed by atoms with Crippen LogP contribution in [0.1, 0.15) is 18.1 Å². The smallest absolute Gasteiger partial charge is 0.225 e. The molecule has 0 bridgehead atoms. The Morgan fingerprint density at radius 3 is 2.45 bits per heavy atom. The summed E-state index contributed by atoms with van der Waals surface area (Å²) in [5.41, 5.74) is 2.35. The van der Waals surface area contributed by atoms with E-state index in [2.05, 4.69) is 67.6 Å². The van der Waals surface area contributed by atoms with E-state index in [4.69, 9.17) is 4.99 Å². The molecule has 9 heteroatoms. The predicted octanol–water partition coefficient (Wildman–Crippen LogP) is 2.63. The predicted molar refractivity (Wildman–Crippen MR) is 134 cm³/mol. The lowest BCUT2D eigenvalue weighted by Gasteiger charge is -2.36. The van der Waals surface area contributed by atoms with Crippen molar-refractivity contribution in [3.63, 3.8) is 0 Å². The summed E-state index contributed by atoms with van der Waals surface area (Å²) in [6.07, 6.45) is 7.56. The number of anilines is 1. The van der Waals surface area contributed by atoms with Gasteiger partial charge in [0, 0.05) is 56.9 Å². The highest BCUT2D eigenvalue weighted by molar-refractivity contribution is 14.0. The molecule has 164 valence electrons. The minimum Gasteiger partial charge on any atom is -0.357 e. The third kappa shape index (κ3) is 6.39. The van der Waals surface area contributed by atoms with Gasteiger partial charge in [0.25, 0.3) is 0 Å². The average Bonchev–Trinajstić information content (AvgIpc) is 3.25. The highest BCUT2D eigenvalue weighted by Crippen LogP contribution is 2.11. The van der Waals surface area contributed by atoms with Crippen LogP contribution < -0.4 is 10.2 Å². The number of benzene rings is 1. The van der Waals surface area contributed by atoms with Crippen LogP contribution in [0.3, 0.4) is 0 Å². The summed E-state index contributed by atoms with van der Waals surface area (Å²) in [6, 6.07) is 12.2. The van der Waals surface area contributed by atoms with E-state index in [9.17, 15) is 0 Å². The topological polar surface area (TPSA) is 74.5 Å². The van der Waals surface area contributed by atoms with Crippen LogP contribution in [0.25, 0.3) is 0 Å². The van der Waals surface area contributed by atoms with Gasteiger partial charge in [-0.3, -0.25) is 4.68 Å². The Kier molecular flexibility index (Phi) is 8.63. The van der Waals surface area contributed by atoms with Crippen molar-refractivity contribution in [1.82, 2.24) is 30.0 Å². The highest BCUT2D eigenvalue weighted by atomic mass is 127. The van der Waals surface area contributed by atoms with Crippen molar-refractivity contribution in [2.75, 3.05) is 37.6 Å². The molecule has 3 heterocycles. The Morgan fingerprint density at radius 1 is 1.00 bits per heavy atom. The Morgan fingerprint density at radius 2 is 1.74 bits per heavy atom. The second-order valence-corrected chi connectivity index (χ2v) is 7.22. The lowest BCUT2D eigenvalue weighted by molar-refractivity contribution is 0.370. The van der Waals surface area contributed by atoms with Gasteiger partial charge in [-0.25, -0.2) is 15.0 Å². The first-order valence-electron chi connectivity index (χ1n) is 10.4. The van der Waals surface area contributed by atoms with E-state index in [0.717, 1.165) is 56.7 Å². The number of halogens is 1. The number of aromatic nitrogens is 4. The summed E-state index contributed by atoms with van der Waals surface area (Å²) in [7, 11) is 0. The standard InChI is InChI=1S/C22H28N8.HI/c1-2-23-21(28-11-13-29(14-12-28)22-24-9-6-10-25-22)26-15-20-16-27-30(18-20)17-19-7-4-3-5-8-19;/h3-10,16,18H,2,11-15,17H2,1H3,(H,23,26);1H. The third-order valence-electron chi connectivity index (χ3n) is 5.03. The maximum Gasteiger partial charge on any atom is 0.225 e.